The van der Waals surface area contributed by atoms with E-state index in [4.69, 9.17) is 4.74 Å². The summed E-state index contributed by atoms with van der Waals surface area (Å²) in [5, 5.41) is 0. The number of ketones is 1. The normalized spacial score (nSPS) is 11.0. The van der Waals surface area contributed by atoms with E-state index >= 15 is 0 Å². The van der Waals surface area contributed by atoms with Crippen LogP contribution >= 0.6 is 0 Å². The van der Waals surface area contributed by atoms with E-state index in [1.165, 1.54) is 0 Å². The Hall–Kier alpha value is -1.35. The number of likely N-dealkylation sites (N-methyl/N-ethyl adjacent to an activating group) is 1. The Kier molecular flexibility index (Phi) is 5.86. The quantitative estimate of drug-likeness (QED) is 0.696. The number of hydrogen-bond acceptors (Lipinski definition) is 3. The first kappa shape index (κ1) is 14.7. The number of nitrogens with zero attached hydrogens (tertiary/aromatic N) is 1. The molecule has 1 aromatic carbocycles. The fourth-order valence-corrected chi connectivity index (χ4v) is 1.91. The first-order valence-corrected chi connectivity index (χ1v) is 6.46. The number of ether oxygens (including phenoxy) is 1. The Bertz CT molecular complexity index is 388. The smallest absolute Gasteiger partial charge is 0.176 e. The summed E-state index contributed by atoms with van der Waals surface area (Å²) in [5.41, 5.74) is 0.719. The number of benzene rings is 1. The van der Waals surface area contributed by atoms with Gasteiger partial charge in [-0.15, -0.1) is 0 Å². The summed E-state index contributed by atoms with van der Waals surface area (Å²) < 4.78 is 5.14. The van der Waals surface area contributed by atoms with Crippen LogP contribution in [0, 0.1) is 5.92 Å². The number of Topliss-reactive ketones (excluding diaryl/α,β-unsaturated/α-hetero) is 1. The second-order valence-electron chi connectivity index (χ2n) is 4.88. The number of methoxy groups -OCH3 is 1. The van der Waals surface area contributed by atoms with Gasteiger partial charge in [-0.1, -0.05) is 32.9 Å². The molecule has 0 unspecified atom stereocenters. The molecule has 0 radical (unpaired) electrons. The van der Waals surface area contributed by atoms with E-state index in [1.54, 1.807) is 13.2 Å². The number of carbonyl (C=O) groups is 1. The van der Waals surface area contributed by atoms with Gasteiger partial charge in [0.15, 0.2) is 5.78 Å². The molecule has 0 N–H and O–H groups in total. The first-order chi connectivity index (χ1) is 8.56. The highest BCUT2D eigenvalue weighted by Gasteiger charge is 2.12. The zero-order valence-electron chi connectivity index (χ0n) is 11.8. The lowest BCUT2D eigenvalue weighted by Gasteiger charge is -2.21. The lowest BCUT2D eigenvalue weighted by Crippen LogP contribution is -2.32. The van der Waals surface area contributed by atoms with Crippen LogP contribution in [0.3, 0.4) is 0 Å². The summed E-state index contributed by atoms with van der Waals surface area (Å²) in [6.07, 6.45) is 0. The van der Waals surface area contributed by atoms with E-state index in [-0.39, 0.29) is 5.78 Å². The van der Waals surface area contributed by atoms with E-state index in [0.717, 1.165) is 24.4 Å². The zero-order valence-corrected chi connectivity index (χ0v) is 11.8. The lowest BCUT2D eigenvalue weighted by molar-refractivity contribution is 0.0926. The number of rotatable bonds is 7. The van der Waals surface area contributed by atoms with Crippen LogP contribution in [0.2, 0.25) is 0 Å². The number of carbonyl (C=O) groups excluding carboxylic acids is 1. The molecule has 0 spiro atoms. The Balaban J connectivity index is 2.68. The molecule has 1 aromatic rings. The van der Waals surface area contributed by atoms with Gasteiger partial charge in [-0.2, -0.15) is 0 Å². The van der Waals surface area contributed by atoms with Gasteiger partial charge in [0.25, 0.3) is 0 Å². The van der Waals surface area contributed by atoms with Crippen molar-refractivity contribution >= 4 is 5.78 Å². The van der Waals surface area contributed by atoms with Gasteiger partial charge in [0, 0.05) is 12.1 Å². The molecule has 0 bridgehead atoms. The predicted octanol–water partition coefficient (Wildman–Crippen LogP) is 2.86. The summed E-state index contributed by atoms with van der Waals surface area (Å²) in [6, 6.07) is 7.34. The summed E-state index contributed by atoms with van der Waals surface area (Å²) in [5.74, 6) is 1.45. The third-order valence-corrected chi connectivity index (χ3v) is 2.83. The third kappa shape index (κ3) is 4.49. The summed E-state index contributed by atoms with van der Waals surface area (Å²) in [6.45, 7) is 8.74. The van der Waals surface area contributed by atoms with E-state index in [2.05, 4.69) is 25.7 Å². The highest BCUT2D eigenvalue weighted by atomic mass is 16.5. The second kappa shape index (κ2) is 7.17. The minimum absolute atomic E-state index is 0.149. The van der Waals surface area contributed by atoms with E-state index < -0.39 is 0 Å². The van der Waals surface area contributed by atoms with E-state index in [0.29, 0.717) is 12.5 Å². The van der Waals surface area contributed by atoms with Gasteiger partial charge in [0.05, 0.1) is 13.7 Å². The fraction of sp³-hybridized carbons (Fsp3) is 0.533. The van der Waals surface area contributed by atoms with Crippen molar-refractivity contribution in [2.75, 3.05) is 26.7 Å². The first-order valence-electron chi connectivity index (χ1n) is 6.46. The van der Waals surface area contributed by atoms with Crippen LogP contribution in [0.25, 0.3) is 0 Å². The maximum atomic E-state index is 12.2. The average Bonchev–Trinajstić information content (AvgIpc) is 2.37. The van der Waals surface area contributed by atoms with Gasteiger partial charge in [-0.3, -0.25) is 9.69 Å². The highest BCUT2D eigenvalue weighted by molar-refractivity contribution is 5.97. The van der Waals surface area contributed by atoms with Crippen molar-refractivity contribution in [3.8, 4) is 5.75 Å². The molecule has 0 saturated heterocycles. The van der Waals surface area contributed by atoms with Crippen molar-refractivity contribution in [3.05, 3.63) is 29.8 Å². The van der Waals surface area contributed by atoms with Crippen molar-refractivity contribution in [1.29, 1.82) is 0 Å². The van der Waals surface area contributed by atoms with Crippen molar-refractivity contribution in [1.82, 2.24) is 4.90 Å². The van der Waals surface area contributed by atoms with Crippen LogP contribution in [0.4, 0.5) is 0 Å². The molecule has 3 nitrogen and oxygen atoms in total. The Morgan fingerprint density at radius 3 is 2.67 bits per heavy atom. The lowest BCUT2D eigenvalue weighted by atomic mass is 10.1. The molecule has 1 rings (SSSR count). The zero-order chi connectivity index (χ0) is 13.5. The van der Waals surface area contributed by atoms with Crippen molar-refractivity contribution in [3.63, 3.8) is 0 Å². The van der Waals surface area contributed by atoms with Crippen LogP contribution in [-0.4, -0.2) is 37.4 Å². The highest BCUT2D eigenvalue weighted by Crippen LogP contribution is 2.13. The molecule has 0 aromatic heterocycles. The minimum atomic E-state index is 0.149. The summed E-state index contributed by atoms with van der Waals surface area (Å²) >= 11 is 0. The van der Waals surface area contributed by atoms with Gasteiger partial charge in [0.1, 0.15) is 5.75 Å². The van der Waals surface area contributed by atoms with Crippen molar-refractivity contribution in [2.45, 2.75) is 20.8 Å². The van der Waals surface area contributed by atoms with Gasteiger partial charge < -0.3 is 4.74 Å². The van der Waals surface area contributed by atoms with Crippen molar-refractivity contribution < 1.29 is 9.53 Å². The molecular weight excluding hydrogens is 226 g/mol. The van der Waals surface area contributed by atoms with Crippen LogP contribution in [0.15, 0.2) is 24.3 Å². The second-order valence-corrected chi connectivity index (χ2v) is 4.88. The van der Waals surface area contributed by atoms with E-state index in [1.807, 2.05) is 18.2 Å². The topological polar surface area (TPSA) is 29.5 Å². The molecule has 0 saturated carbocycles. The van der Waals surface area contributed by atoms with Crippen molar-refractivity contribution in [2.24, 2.45) is 5.92 Å². The monoisotopic (exact) mass is 249 g/mol. The Morgan fingerprint density at radius 2 is 2.11 bits per heavy atom. The molecule has 100 valence electrons. The largest absolute Gasteiger partial charge is 0.497 e. The summed E-state index contributed by atoms with van der Waals surface area (Å²) in [4.78, 5) is 14.3. The molecule has 0 atom stereocenters. The van der Waals surface area contributed by atoms with Crippen LogP contribution < -0.4 is 4.74 Å². The predicted molar refractivity (Wildman–Crippen MR) is 74.3 cm³/mol. The minimum Gasteiger partial charge on any atom is -0.497 e. The molecule has 0 amide bonds. The Labute approximate surface area is 110 Å². The molecular formula is C15H23NO2. The molecule has 18 heavy (non-hydrogen) atoms. The molecule has 0 heterocycles. The standard InChI is InChI=1S/C15H23NO2/c1-5-16(10-12(2)3)11-15(17)13-7-6-8-14(9-13)18-4/h6-9,12H,5,10-11H2,1-4H3. The Morgan fingerprint density at radius 1 is 1.39 bits per heavy atom. The molecule has 0 fully saturated rings. The number of hydrogen-bond donors (Lipinski definition) is 0. The maximum absolute atomic E-state index is 12.2. The van der Waals surface area contributed by atoms with Crippen LogP contribution in [0.5, 0.6) is 5.75 Å². The van der Waals surface area contributed by atoms with Gasteiger partial charge in [-0.25, -0.2) is 0 Å². The molecule has 3 heteroatoms. The fourth-order valence-electron chi connectivity index (χ4n) is 1.91. The molecule has 0 aliphatic rings. The third-order valence-electron chi connectivity index (χ3n) is 2.83. The van der Waals surface area contributed by atoms with Crippen LogP contribution in [-0.2, 0) is 0 Å². The molecule has 0 aliphatic heterocycles. The van der Waals surface area contributed by atoms with Crippen LogP contribution in [0.1, 0.15) is 31.1 Å². The molecule has 0 aliphatic carbocycles. The maximum Gasteiger partial charge on any atom is 0.176 e. The van der Waals surface area contributed by atoms with E-state index in [9.17, 15) is 4.79 Å². The van der Waals surface area contributed by atoms with Gasteiger partial charge >= 0.3 is 0 Å². The van der Waals surface area contributed by atoms with Gasteiger partial charge in [-0.05, 0) is 24.6 Å². The SMILES string of the molecule is CCN(CC(=O)c1cccc(OC)c1)CC(C)C. The summed E-state index contributed by atoms with van der Waals surface area (Å²) in [7, 11) is 1.61. The van der Waals surface area contributed by atoms with Gasteiger partial charge in [0.2, 0.25) is 0 Å². The average molecular weight is 249 g/mol.